The Morgan fingerprint density at radius 3 is 2.79 bits per heavy atom. The predicted octanol–water partition coefficient (Wildman–Crippen LogP) is 3.70. The fourth-order valence-corrected chi connectivity index (χ4v) is 5.83. The SMILES string of the molecule is COc1ccc2nc(NC3CC(CN4CCOCC4)=CC(NC4CCN(C(=O)OC(C)(C)C)C4)=N3)sc2c1. The van der Waals surface area contributed by atoms with Crippen molar-refractivity contribution in [2.24, 2.45) is 4.99 Å². The Morgan fingerprint density at radius 2 is 2.03 bits per heavy atom. The quantitative estimate of drug-likeness (QED) is 0.570. The van der Waals surface area contributed by atoms with E-state index in [1.807, 2.05) is 39.0 Å². The molecule has 1 amide bonds. The van der Waals surface area contributed by atoms with Gasteiger partial charge in [-0.3, -0.25) is 4.90 Å². The number of fused-ring (bicyclic) bond motifs is 1. The molecule has 2 N–H and O–H groups in total. The van der Waals surface area contributed by atoms with Crippen LogP contribution in [0.25, 0.3) is 10.2 Å². The number of benzene rings is 1. The third-order valence-electron chi connectivity index (χ3n) is 6.70. The Bertz CT molecular complexity index is 1200. The molecule has 10 nitrogen and oxygen atoms in total. The number of dihydropyridines is 1. The molecule has 2 unspecified atom stereocenters. The molecule has 0 aliphatic carbocycles. The van der Waals surface area contributed by atoms with Crippen molar-refractivity contribution in [3.63, 3.8) is 0 Å². The zero-order valence-corrected chi connectivity index (χ0v) is 23.5. The van der Waals surface area contributed by atoms with E-state index in [-0.39, 0.29) is 18.3 Å². The number of anilines is 1. The number of ether oxygens (including phenoxy) is 3. The van der Waals surface area contributed by atoms with Crippen molar-refractivity contribution in [1.29, 1.82) is 0 Å². The second-order valence-electron chi connectivity index (χ2n) is 11.0. The largest absolute Gasteiger partial charge is 0.497 e. The van der Waals surface area contributed by atoms with Crippen LogP contribution < -0.4 is 15.4 Å². The van der Waals surface area contributed by atoms with E-state index in [1.165, 1.54) is 5.57 Å². The molecular weight excluding hydrogens is 504 g/mol. The molecule has 0 saturated carbocycles. The molecule has 1 aromatic heterocycles. The van der Waals surface area contributed by atoms with Crippen molar-refractivity contribution in [2.75, 3.05) is 58.4 Å². The average molecular weight is 543 g/mol. The molecule has 2 saturated heterocycles. The molecule has 1 aromatic carbocycles. The van der Waals surface area contributed by atoms with Gasteiger partial charge in [0.1, 0.15) is 23.4 Å². The number of nitrogens with one attached hydrogen (secondary N) is 2. The summed E-state index contributed by atoms with van der Waals surface area (Å²) >= 11 is 1.60. The van der Waals surface area contributed by atoms with Crippen LogP contribution in [0.5, 0.6) is 5.75 Å². The zero-order valence-electron chi connectivity index (χ0n) is 22.7. The maximum absolute atomic E-state index is 12.5. The van der Waals surface area contributed by atoms with Crippen LogP contribution in [-0.2, 0) is 9.47 Å². The smallest absolute Gasteiger partial charge is 0.410 e. The van der Waals surface area contributed by atoms with Crippen LogP contribution >= 0.6 is 11.3 Å². The standard InChI is InChI=1S/C27H38N6O4S/c1-27(2,3)37-26(34)33-8-7-19(17-33)28-23-13-18(16-32-9-11-36-12-10-32)14-24(30-23)31-25-29-21-6-5-20(35-4)15-22(21)38-25/h5-6,13,15,19,24H,7-12,14,16-17H2,1-4H3,(H,28,30)(H,29,31). The van der Waals surface area contributed by atoms with Gasteiger partial charge in [-0.05, 0) is 57.0 Å². The third-order valence-corrected chi connectivity index (χ3v) is 7.65. The number of hydrogen-bond acceptors (Lipinski definition) is 10. The number of nitrogens with zero attached hydrogens (tertiary/aromatic N) is 4. The summed E-state index contributed by atoms with van der Waals surface area (Å²) in [6.45, 7) is 11.2. The van der Waals surface area contributed by atoms with Gasteiger partial charge in [0.25, 0.3) is 0 Å². The fourth-order valence-electron chi connectivity index (χ4n) is 4.89. The molecule has 3 aliphatic heterocycles. The Morgan fingerprint density at radius 1 is 1.21 bits per heavy atom. The van der Waals surface area contributed by atoms with Gasteiger partial charge in [-0.2, -0.15) is 0 Å². The molecule has 2 atom stereocenters. The number of amidine groups is 1. The second-order valence-corrected chi connectivity index (χ2v) is 12.0. The molecule has 38 heavy (non-hydrogen) atoms. The molecule has 0 spiro atoms. The van der Waals surface area contributed by atoms with E-state index in [1.54, 1.807) is 23.3 Å². The van der Waals surface area contributed by atoms with Gasteiger partial charge < -0.3 is 29.7 Å². The number of aromatic nitrogens is 1. The highest BCUT2D eigenvalue weighted by Gasteiger charge is 2.31. The molecule has 11 heteroatoms. The number of carbonyl (C=O) groups is 1. The van der Waals surface area contributed by atoms with E-state index in [0.29, 0.717) is 13.1 Å². The van der Waals surface area contributed by atoms with Gasteiger partial charge in [-0.25, -0.2) is 14.8 Å². The van der Waals surface area contributed by atoms with Crippen LogP contribution in [0, 0.1) is 0 Å². The van der Waals surface area contributed by atoms with Crippen LogP contribution in [0.1, 0.15) is 33.6 Å². The molecule has 0 bridgehead atoms. The molecule has 206 valence electrons. The molecule has 0 radical (unpaired) electrons. The molecule has 4 heterocycles. The van der Waals surface area contributed by atoms with Gasteiger partial charge in [-0.15, -0.1) is 0 Å². The summed E-state index contributed by atoms with van der Waals surface area (Å²) < 4.78 is 17.5. The van der Waals surface area contributed by atoms with Crippen LogP contribution in [-0.4, -0.2) is 97.6 Å². The van der Waals surface area contributed by atoms with Crippen molar-refractivity contribution in [2.45, 2.75) is 51.4 Å². The summed E-state index contributed by atoms with van der Waals surface area (Å²) in [6, 6.07) is 6.04. The van der Waals surface area contributed by atoms with Gasteiger partial charge in [0.05, 0.1) is 30.5 Å². The fraction of sp³-hybridized carbons (Fsp3) is 0.593. The summed E-state index contributed by atoms with van der Waals surface area (Å²) in [5.41, 5.74) is 1.75. The van der Waals surface area contributed by atoms with E-state index in [2.05, 4.69) is 21.6 Å². The van der Waals surface area contributed by atoms with Crippen molar-refractivity contribution >= 4 is 38.6 Å². The van der Waals surface area contributed by atoms with E-state index < -0.39 is 5.60 Å². The van der Waals surface area contributed by atoms with E-state index >= 15 is 0 Å². The van der Waals surface area contributed by atoms with Crippen LogP contribution in [0.15, 0.2) is 34.8 Å². The summed E-state index contributed by atoms with van der Waals surface area (Å²) in [6.07, 6.45) is 3.43. The van der Waals surface area contributed by atoms with Crippen molar-refractivity contribution in [1.82, 2.24) is 20.1 Å². The normalized spacial score (nSPS) is 22.7. The van der Waals surface area contributed by atoms with E-state index in [0.717, 1.165) is 72.6 Å². The first kappa shape index (κ1) is 26.7. The second kappa shape index (κ2) is 11.5. The number of aliphatic imine (C=N–C) groups is 1. The monoisotopic (exact) mass is 542 g/mol. The number of likely N-dealkylation sites (tertiary alicyclic amines) is 1. The van der Waals surface area contributed by atoms with Crippen LogP contribution in [0.3, 0.4) is 0 Å². The number of methoxy groups -OCH3 is 1. The third kappa shape index (κ3) is 6.95. The topological polar surface area (TPSA) is 101 Å². The number of rotatable bonds is 6. The van der Waals surface area contributed by atoms with Gasteiger partial charge >= 0.3 is 6.09 Å². The highest BCUT2D eigenvalue weighted by molar-refractivity contribution is 7.22. The van der Waals surface area contributed by atoms with Gasteiger partial charge in [0.2, 0.25) is 0 Å². The Hall–Kier alpha value is -2.89. The maximum Gasteiger partial charge on any atom is 0.410 e. The minimum atomic E-state index is -0.502. The first-order valence-corrected chi connectivity index (χ1v) is 14.1. The summed E-state index contributed by atoms with van der Waals surface area (Å²) in [5.74, 6) is 1.67. The van der Waals surface area contributed by atoms with E-state index in [4.69, 9.17) is 24.2 Å². The Balaban J connectivity index is 1.28. The first-order valence-electron chi connectivity index (χ1n) is 13.3. The highest BCUT2D eigenvalue weighted by atomic mass is 32.1. The molecular formula is C27H38N6O4S. The number of amides is 1. The number of morpholine rings is 1. The van der Waals surface area contributed by atoms with Crippen molar-refractivity contribution in [3.8, 4) is 5.75 Å². The van der Waals surface area contributed by atoms with Gasteiger partial charge in [0, 0.05) is 45.2 Å². The minimum absolute atomic E-state index is 0.121. The molecule has 2 fully saturated rings. The minimum Gasteiger partial charge on any atom is -0.497 e. The van der Waals surface area contributed by atoms with Crippen LogP contribution in [0.4, 0.5) is 9.93 Å². The van der Waals surface area contributed by atoms with Gasteiger partial charge in [-0.1, -0.05) is 11.3 Å². The predicted molar refractivity (Wildman–Crippen MR) is 150 cm³/mol. The number of carbonyl (C=O) groups excluding carboxylic acids is 1. The number of hydrogen-bond donors (Lipinski definition) is 2. The average Bonchev–Trinajstić information content (AvgIpc) is 3.49. The lowest BCUT2D eigenvalue weighted by Crippen LogP contribution is -2.42. The molecule has 5 rings (SSSR count). The zero-order chi connectivity index (χ0) is 26.7. The van der Waals surface area contributed by atoms with Crippen molar-refractivity contribution in [3.05, 3.63) is 29.8 Å². The number of thiazole rings is 1. The molecule has 3 aliphatic rings. The summed E-state index contributed by atoms with van der Waals surface area (Å²) in [7, 11) is 1.67. The lowest BCUT2D eigenvalue weighted by Gasteiger charge is -2.30. The Labute approximate surface area is 228 Å². The van der Waals surface area contributed by atoms with Gasteiger partial charge in [0.15, 0.2) is 5.13 Å². The van der Waals surface area contributed by atoms with E-state index in [9.17, 15) is 4.79 Å². The highest BCUT2D eigenvalue weighted by Crippen LogP contribution is 2.30. The first-order chi connectivity index (χ1) is 18.2. The summed E-state index contributed by atoms with van der Waals surface area (Å²) in [5, 5.41) is 7.99. The Kier molecular flexibility index (Phi) is 8.06. The van der Waals surface area contributed by atoms with Crippen molar-refractivity contribution < 1.29 is 19.0 Å². The maximum atomic E-state index is 12.5. The summed E-state index contributed by atoms with van der Waals surface area (Å²) in [4.78, 5) is 26.5. The lowest BCUT2D eigenvalue weighted by molar-refractivity contribution is 0.0291. The lowest BCUT2D eigenvalue weighted by atomic mass is 10.1. The van der Waals surface area contributed by atoms with Crippen LogP contribution in [0.2, 0.25) is 0 Å². The molecule has 2 aromatic rings.